The molecule has 2 aromatic rings. The molecule has 0 bridgehead atoms. The summed E-state index contributed by atoms with van der Waals surface area (Å²) in [4.78, 5) is 36.5. The van der Waals surface area contributed by atoms with E-state index in [1.165, 1.54) is 6.07 Å². The van der Waals surface area contributed by atoms with Crippen molar-refractivity contribution >= 4 is 11.9 Å². The highest BCUT2D eigenvalue weighted by atomic mass is 16.5. The van der Waals surface area contributed by atoms with Gasteiger partial charge >= 0.3 is 0 Å². The fourth-order valence-electron chi connectivity index (χ4n) is 3.93. The summed E-state index contributed by atoms with van der Waals surface area (Å²) < 4.78 is 5.64. The first-order valence-corrected chi connectivity index (χ1v) is 10.6. The Morgan fingerprint density at radius 2 is 2.07 bits per heavy atom. The third-order valence-corrected chi connectivity index (χ3v) is 5.71. The molecule has 1 atom stereocenters. The van der Waals surface area contributed by atoms with E-state index in [1.807, 2.05) is 19.1 Å². The van der Waals surface area contributed by atoms with Gasteiger partial charge in [0.1, 0.15) is 5.75 Å². The highest BCUT2D eigenvalue weighted by Crippen LogP contribution is 2.25. The predicted octanol–water partition coefficient (Wildman–Crippen LogP) is 1.27. The number of amides is 1. The van der Waals surface area contributed by atoms with Crippen molar-refractivity contribution in [2.75, 3.05) is 44.7 Å². The molecule has 2 aliphatic heterocycles. The molecule has 0 radical (unpaired) electrons. The normalized spacial score (nSPS) is 17.7. The first kappa shape index (κ1) is 20.4. The number of nitrogens with one attached hydrogen (secondary N) is 2. The minimum absolute atomic E-state index is 0.0950. The largest absolute Gasteiger partial charge is 0.493 e. The number of H-pyrrole nitrogens is 1. The molecule has 160 valence electrons. The Labute approximate surface area is 176 Å². The number of benzene rings is 1. The summed E-state index contributed by atoms with van der Waals surface area (Å²) in [5.74, 6) is 1.40. The van der Waals surface area contributed by atoms with E-state index in [2.05, 4.69) is 38.2 Å². The van der Waals surface area contributed by atoms with Crippen LogP contribution in [-0.4, -0.2) is 60.6 Å². The zero-order valence-electron chi connectivity index (χ0n) is 17.6. The Kier molecular flexibility index (Phi) is 6.03. The van der Waals surface area contributed by atoms with Crippen molar-refractivity contribution < 1.29 is 9.53 Å². The molecule has 0 saturated carbocycles. The van der Waals surface area contributed by atoms with E-state index in [1.54, 1.807) is 0 Å². The van der Waals surface area contributed by atoms with Gasteiger partial charge in [-0.2, -0.15) is 0 Å². The standard InChI is InChI=1S/C22H29N5O3/c1-15(18-14-21(29)25-22(24-18)27-9-7-26(2)8-10-27)23-20(28)13-16-5-6-19-17(12-16)4-3-11-30-19/h5-6,12,14-15H,3-4,7-11,13H2,1-2H3,(H,23,28)(H,24,25,29). The summed E-state index contributed by atoms with van der Waals surface area (Å²) in [5.41, 5.74) is 2.48. The Morgan fingerprint density at radius 3 is 2.87 bits per heavy atom. The van der Waals surface area contributed by atoms with E-state index in [4.69, 9.17) is 4.74 Å². The maximum atomic E-state index is 12.6. The molecule has 1 saturated heterocycles. The third kappa shape index (κ3) is 4.81. The van der Waals surface area contributed by atoms with E-state index < -0.39 is 0 Å². The van der Waals surface area contributed by atoms with Crippen LogP contribution in [0.5, 0.6) is 5.75 Å². The first-order valence-electron chi connectivity index (χ1n) is 10.6. The molecule has 4 rings (SSSR count). The van der Waals surface area contributed by atoms with Crippen molar-refractivity contribution in [3.8, 4) is 5.75 Å². The van der Waals surface area contributed by atoms with Gasteiger partial charge in [0.2, 0.25) is 11.9 Å². The summed E-state index contributed by atoms with van der Waals surface area (Å²) >= 11 is 0. The van der Waals surface area contributed by atoms with Crippen molar-refractivity contribution in [1.82, 2.24) is 20.2 Å². The van der Waals surface area contributed by atoms with Gasteiger partial charge in [0, 0.05) is 32.2 Å². The molecule has 1 aromatic heterocycles. The van der Waals surface area contributed by atoms with Gasteiger partial charge in [-0.3, -0.25) is 14.6 Å². The molecule has 2 N–H and O–H groups in total. The van der Waals surface area contributed by atoms with Gasteiger partial charge in [-0.25, -0.2) is 4.98 Å². The van der Waals surface area contributed by atoms with E-state index in [9.17, 15) is 9.59 Å². The number of anilines is 1. The number of ether oxygens (including phenoxy) is 1. The van der Waals surface area contributed by atoms with Gasteiger partial charge in [0.25, 0.3) is 5.56 Å². The molecular weight excluding hydrogens is 382 g/mol. The number of rotatable bonds is 5. The van der Waals surface area contributed by atoms with Crippen LogP contribution in [0.4, 0.5) is 5.95 Å². The number of hydrogen-bond donors (Lipinski definition) is 2. The number of carbonyl (C=O) groups excluding carboxylic acids is 1. The number of aryl methyl sites for hydroxylation is 1. The van der Waals surface area contributed by atoms with Gasteiger partial charge in [0.05, 0.1) is 24.8 Å². The molecule has 1 unspecified atom stereocenters. The number of aromatic amines is 1. The number of fused-ring (bicyclic) bond motifs is 1. The maximum absolute atomic E-state index is 12.6. The van der Waals surface area contributed by atoms with Gasteiger partial charge in [-0.15, -0.1) is 0 Å². The molecule has 1 fully saturated rings. The molecule has 0 spiro atoms. The second-order valence-electron chi connectivity index (χ2n) is 8.14. The maximum Gasteiger partial charge on any atom is 0.252 e. The van der Waals surface area contributed by atoms with Crippen molar-refractivity contribution in [2.45, 2.75) is 32.2 Å². The first-order chi connectivity index (χ1) is 14.5. The molecule has 1 amide bonds. The lowest BCUT2D eigenvalue weighted by atomic mass is 10.0. The smallest absolute Gasteiger partial charge is 0.252 e. The zero-order valence-corrected chi connectivity index (χ0v) is 17.6. The third-order valence-electron chi connectivity index (χ3n) is 5.71. The fourth-order valence-corrected chi connectivity index (χ4v) is 3.93. The summed E-state index contributed by atoms with van der Waals surface area (Å²) in [5, 5.41) is 2.98. The molecule has 1 aromatic carbocycles. The van der Waals surface area contributed by atoms with Crippen LogP contribution >= 0.6 is 0 Å². The fraction of sp³-hybridized carbons (Fsp3) is 0.500. The number of piperazine rings is 1. The highest BCUT2D eigenvalue weighted by molar-refractivity contribution is 5.79. The van der Waals surface area contributed by atoms with Gasteiger partial charge in [-0.05, 0) is 44.0 Å². The number of carbonyl (C=O) groups is 1. The van der Waals surface area contributed by atoms with Gasteiger partial charge in [-0.1, -0.05) is 12.1 Å². The predicted molar refractivity (Wildman–Crippen MR) is 115 cm³/mol. The summed E-state index contributed by atoms with van der Waals surface area (Å²) in [7, 11) is 2.08. The van der Waals surface area contributed by atoms with E-state index in [0.29, 0.717) is 11.6 Å². The molecular formula is C22H29N5O3. The average Bonchev–Trinajstić information content (AvgIpc) is 2.73. The summed E-state index contributed by atoms with van der Waals surface area (Å²) in [6, 6.07) is 7.04. The van der Waals surface area contributed by atoms with Crippen LogP contribution in [0.25, 0.3) is 0 Å². The number of aromatic nitrogens is 2. The van der Waals surface area contributed by atoms with Crippen molar-refractivity contribution in [2.24, 2.45) is 0 Å². The molecule has 30 heavy (non-hydrogen) atoms. The number of hydrogen-bond acceptors (Lipinski definition) is 6. The Balaban J connectivity index is 1.41. The minimum Gasteiger partial charge on any atom is -0.493 e. The Hall–Kier alpha value is -2.87. The van der Waals surface area contributed by atoms with Crippen LogP contribution in [0, 0.1) is 0 Å². The lowest BCUT2D eigenvalue weighted by Crippen LogP contribution is -2.45. The molecule has 8 nitrogen and oxygen atoms in total. The van der Waals surface area contributed by atoms with Crippen molar-refractivity contribution in [3.63, 3.8) is 0 Å². The van der Waals surface area contributed by atoms with Gasteiger partial charge < -0.3 is 19.9 Å². The SMILES string of the molecule is CC(NC(=O)Cc1ccc2c(c1)CCCO2)c1cc(=O)[nH]c(N2CCN(C)CC2)n1. The zero-order chi connectivity index (χ0) is 21.1. The van der Waals surface area contributed by atoms with Crippen LogP contribution in [0.3, 0.4) is 0 Å². The van der Waals surface area contributed by atoms with E-state index in [0.717, 1.165) is 62.5 Å². The van der Waals surface area contributed by atoms with Crippen LogP contribution in [0.1, 0.15) is 36.2 Å². The summed E-state index contributed by atoms with van der Waals surface area (Å²) in [6.07, 6.45) is 2.27. The highest BCUT2D eigenvalue weighted by Gasteiger charge is 2.19. The quantitative estimate of drug-likeness (QED) is 0.770. The lowest BCUT2D eigenvalue weighted by Gasteiger charge is -2.32. The van der Waals surface area contributed by atoms with Gasteiger partial charge in [0.15, 0.2) is 0 Å². The summed E-state index contributed by atoms with van der Waals surface area (Å²) in [6.45, 7) is 6.08. The van der Waals surface area contributed by atoms with Crippen LogP contribution in [0.15, 0.2) is 29.1 Å². The van der Waals surface area contributed by atoms with Crippen molar-refractivity contribution in [3.05, 3.63) is 51.4 Å². The molecule has 0 aliphatic carbocycles. The van der Waals surface area contributed by atoms with Crippen molar-refractivity contribution in [1.29, 1.82) is 0 Å². The Morgan fingerprint density at radius 1 is 1.27 bits per heavy atom. The number of nitrogens with zero attached hydrogens (tertiary/aromatic N) is 3. The average molecular weight is 412 g/mol. The minimum atomic E-state index is -0.355. The number of likely N-dealkylation sites (N-methyl/N-ethyl adjacent to an activating group) is 1. The van der Waals surface area contributed by atoms with Crippen LogP contribution in [0.2, 0.25) is 0 Å². The lowest BCUT2D eigenvalue weighted by molar-refractivity contribution is -0.121. The monoisotopic (exact) mass is 411 g/mol. The molecule has 3 heterocycles. The molecule has 2 aliphatic rings. The van der Waals surface area contributed by atoms with E-state index >= 15 is 0 Å². The topological polar surface area (TPSA) is 90.6 Å². The second kappa shape index (κ2) is 8.87. The van der Waals surface area contributed by atoms with Crippen LogP contribution in [-0.2, 0) is 17.6 Å². The second-order valence-corrected chi connectivity index (χ2v) is 8.14. The van der Waals surface area contributed by atoms with E-state index in [-0.39, 0.29) is 23.9 Å². The Bertz CT molecular complexity index is 965. The molecule has 8 heteroatoms. The van der Waals surface area contributed by atoms with Crippen LogP contribution < -0.4 is 20.5 Å².